The SMILES string of the molecule is CN(CCNC(=O)c1ccc(=O)[nH]n1)c1ccc(Cl)cc1. The molecular weight excluding hydrogens is 292 g/mol. The van der Waals surface area contributed by atoms with E-state index < -0.39 is 0 Å². The first-order chi connectivity index (χ1) is 10.1. The Kier molecular flexibility index (Phi) is 4.94. The van der Waals surface area contributed by atoms with Crippen molar-refractivity contribution >= 4 is 23.2 Å². The number of nitrogens with one attached hydrogen (secondary N) is 2. The average molecular weight is 307 g/mol. The normalized spacial score (nSPS) is 10.2. The monoisotopic (exact) mass is 306 g/mol. The zero-order valence-corrected chi connectivity index (χ0v) is 12.2. The number of amides is 1. The van der Waals surface area contributed by atoms with Crippen LogP contribution in [0.3, 0.4) is 0 Å². The third-order valence-corrected chi connectivity index (χ3v) is 3.16. The second-order valence-electron chi connectivity index (χ2n) is 4.46. The number of aromatic amines is 1. The molecule has 0 spiro atoms. The topological polar surface area (TPSA) is 78.1 Å². The maximum absolute atomic E-state index is 11.8. The summed E-state index contributed by atoms with van der Waals surface area (Å²) in [4.78, 5) is 24.6. The summed E-state index contributed by atoms with van der Waals surface area (Å²) in [5.74, 6) is -0.323. The maximum Gasteiger partial charge on any atom is 0.271 e. The molecule has 0 aliphatic heterocycles. The van der Waals surface area contributed by atoms with Gasteiger partial charge in [-0.05, 0) is 30.3 Å². The van der Waals surface area contributed by atoms with Crippen LogP contribution < -0.4 is 15.8 Å². The van der Waals surface area contributed by atoms with Gasteiger partial charge in [-0.2, -0.15) is 5.10 Å². The summed E-state index contributed by atoms with van der Waals surface area (Å²) in [6.07, 6.45) is 0. The molecule has 6 nitrogen and oxygen atoms in total. The number of likely N-dealkylation sites (N-methyl/N-ethyl adjacent to an activating group) is 1. The molecule has 0 saturated heterocycles. The fourth-order valence-electron chi connectivity index (χ4n) is 1.72. The summed E-state index contributed by atoms with van der Waals surface area (Å²) in [5.41, 5.74) is 0.855. The second-order valence-corrected chi connectivity index (χ2v) is 4.90. The largest absolute Gasteiger partial charge is 0.373 e. The highest BCUT2D eigenvalue weighted by atomic mass is 35.5. The fraction of sp³-hybridized carbons (Fsp3) is 0.214. The molecule has 0 radical (unpaired) electrons. The minimum absolute atomic E-state index is 0.184. The van der Waals surface area contributed by atoms with Crippen LogP contribution in [-0.2, 0) is 0 Å². The maximum atomic E-state index is 11.8. The Hall–Kier alpha value is -2.34. The predicted octanol–water partition coefficient (Wildman–Crippen LogP) is 1.29. The number of anilines is 1. The highest BCUT2D eigenvalue weighted by molar-refractivity contribution is 6.30. The van der Waals surface area contributed by atoms with Crippen LogP contribution in [0.25, 0.3) is 0 Å². The van der Waals surface area contributed by atoms with Crippen molar-refractivity contribution in [2.75, 3.05) is 25.0 Å². The summed E-state index contributed by atoms with van der Waals surface area (Å²) >= 11 is 5.83. The lowest BCUT2D eigenvalue weighted by atomic mass is 10.3. The van der Waals surface area contributed by atoms with Crippen molar-refractivity contribution in [1.29, 1.82) is 0 Å². The Balaban J connectivity index is 1.83. The molecule has 0 fully saturated rings. The fourth-order valence-corrected chi connectivity index (χ4v) is 1.85. The van der Waals surface area contributed by atoms with Crippen LogP contribution in [-0.4, -0.2) is 36.2 Å². The van der Waals surface area contributed by atoms with E-state index in [0.717, 1.165) is 5.69 Å². The van der Waals surface area contributed by atoms with Gasteiger partial charge < -0.3 is 10.2 Å². The van der Waals surface area contributed by atoms with Gasteiger partial charge in [-0.3, -0.25) is 9.59 Å². The van der Waals surface area contributed by atoms with E-state index in [2.05, 4.69) is 15.5 Å². The molecule has 2 aromatic rings. The van der Waals surface area contributed by atoms with E-state index in [1.807, 2.05) is 36.2 Å². The van der Waals surface area contributed by atoms with E-state index in [4.69, 9.17) is 11.6 Å². The number of carbonyl (C=O) groups excluding carboxylic acids is 1. The molecule has 7 heteroatoms. The van der Waals surface area contributed by atoms with Crippen molar-refractivity contribution in [2.45, 2.75) is 0 Å². The van der Waals surface area contributed by atoms with Gasteiger partial charge in [0.2, 0.25) is 0 Å². The smallest absolute Gasteiger partial charge is 0.271 e. The highest BCUT2D eigenvalue weighted by Crippen LogP contribution is 2.16. The van der Waals surface area contributed by atoms with Crippen LogP contribution in [0.4, 0.5) is 5.69 Å². The van der Waals surface area contributed by atoms with Crippen molar-refractivity contribution in [2.24, 2.45) is 0 Å². The van der Waals surface area contributed by atoms with Gasteiger partial charge in [-0.25, -0.2) is 5.10 Å². The quantitative estimate of drug-likeness (QED) is 0.872. The predicted molar refractivity (Wildman–Crippen MR) is 81.9 cm³/mol. The zero-order valence-electron chi connectivity index (χ0n) is 11.5. The van der Waals surface area contributed by atoms with Gasteiger partial charge in [0, 0.05) is 36.9 Å². The minimum Gasteiger partial charge on any atom is -0.373 e. The Morgan fingerprint density at radius 3 is 2.62 bits per heavy atom. The lowest BCUT2D eigenvalue weighted by Gasteiger charge is -2.19. The Morgan fingerprint density at radius 1 is 1.29 bits per heavy atom. The number of benzene rings is 1. The molecule has 110 valence electrons. The molecule has 0 unspecified atom stereocenters. The number of nitrogens with zero attached hydrogens (tertiary/aromatic N) is 2. The molecule has 1 heterocycles. The lowest BCUT2D eigenvalue weighted by molar-refractivity contribution is 0.0948. The third-order valence-electron chi connectivity index (χ3n) is 2.91. The van der Waals surface area contributed by atoms with Gasteiger partial charge in [0.15, 0.2) is 0 Å². The molecule has 0 aliphatic rings. The van der Waals surface area contributed by atoms with Crippen LogP contribution in [0, 0.1) is 0 Å². The van der Waals surface area contributed by atoms with Crippen molar-refractivity contribution in [1.82, 2.24) is 15.5 Å². The summed E-state index contributed by atoms with van der Waals surface area (Å²) in [5, 5.41) is 9.31. The number of hydrogen-bond donors (Lipinski definition) is 2. The summed E-state index contributed by atoms with van der Waals surface area (Å²) in [6.45, 7) is 1.09. The molecule has 2 N–H and O–H groups in total. The van der Waals surface area contributed by atoms with E-state index >= 15 is 0 Å². The van der Waals surface area contributed by atoms with Crippen molar-refractivity contribution in [3.05, 3.63) is 57.5 Å². The molecule has 0 aliphatic carbocycles. The minimum atomic E-state index is -0.339. The van der Waals surface area contributed by atoms with Gasteiger partial charge >= 0.3 is 0 Å². The standard InChI is InChI=1S/C14H15ClN4O2/c1-19(11-4-2-10(15)3-5-11)9-8-16-14(21)12-6-7-13(20)18-17-12/h2-7H,8-9H2,1H3,(H,16,21)(H,18,20). The second kappa shape index (κ2) is 6.90. The average Bonchev–Trinajstić information content (AvgIpc) is 2.48. The molecule has 2 rings (SSSR count). The first-order valence-corrected chi connectivity index (χ1v) is 6.75. The number of aromatic nitrogens is 2. The third kappa shape index (κ3) is 4.32. The summed E-state index contributed by atoms with van der Waals surface area (Å²) in [7, 11) is 1.92. The Labute approximate surface area is 126 Å². The van der Waals surface area contributed by atoms with Crippen LogP contribution >= 0.6 is 11.6 Å². The molecule has 0 atom stereocenters. The Morgan fingerprint density at radius 2 is 2.00 bits per heavy atom. The number of carbonyl (C=O) groups is 1. The number of halogens is 1. The van der Waals surface area contributed by atoms with Crippen molar-refractivity contribution in [3.63, 3.8) is 0 Å². The van der Waals surface area contributed by atoms with E-state index in [-0.39, 0.29) is 17.2 Å². The van der Waals surface area contributed by atoms with E-state index in [1.54, 1.807) is 0 Å². The van der Waals surface area contributed by atoms with Crippen LogP contribution in [0.2, 0.25) is 5.02 Å². The molecule has 1 aromatic carbocycles. The molecule has 0 bridgehead atoms. The molecule has 0 saturated carbocycles. The number of rotatable bonds is 5. The molecule has 1 amide bonds. The van der Waals surface area contributed by atoms with Crippen molar-refractivity contribution < 1.29 is 4.79 Å². The zero-order chi connectivity index (χ0) is 15.2. The lowest BCUT2D eigenvalue weighted by Crippen LogP contribution is -2.33. The first kappa shape index (κ1) is 15.1. The molecule has 21 heavy (non-hydrogen) atoms. The highest BCUT2D eigenvalue weighted by Gasteiger charge is 2.07. The van der Waals surface area contributed by atoms with Gasteiger partial charge in [-0.1, -0.05) is 11.6 Å². The van der Waals surface area contributed by atoms with Crippen LogP contribution in [0.5, 0.6) is 0 Å². The van der Waals surface area contributed by atoms with Crippen LogP contribution in [0.1, 0.15) is 10.5 Å². The number of hydrogen-bond acceptors (Lipinski definition) is 4. The van der Waals surface area contributed by atoms with E-state index in [0.29, 0.717) is 18.1 Å². The van der Waals surface area contributed by atoms with E-state index in [1.165, 1.54) is 12.1 Å². The van der Waals surface area contributed by atoms with Gasteiger partial charge in [0.1, 0.15) is 5.69 Å². The number of H-pyrrole nitrogens is 1. The van der Waals surface area contributed by atoms with Crippen LogP contribution in [0.15, 0.2) is 41.2 Å². The Bertz CT molecular complexity index is 649. The molecule has 1 aromatic heterocycles. The van der Waals surface area contributed by atoms with Gasteiger partial charge in [0.05, 0.1) is 0 Å². The first-order valence-electron chi connectivity index (χ1n) is 6.37. The summed E-state index contributed by atoms with van der Waals surface area (Å²) < 4.78 is 0. The van der Waals surface area contributed by atoms with Crippen molar-refractivity contribution in [3.8, 4) is 0 Å². The van der Waals surface area contributed by atoms with Gasteiger partial charge in [-0.15, -0.1) is 0 Å². The van der Waals surface area contributed by atoms with E-state index in [9.17, 15) is 9.59 Å². The molecular formula is C14H15ClN4O2. The summed E-state index contributed by atoms with van der Waals surface area (Å²) in [6, 6.07) is 10.1. The van der Waals surface area contributed by atoms with Gasteiger partial charge in [0.25, 0.3) is 11.5 Å².